The van der Waals surface area contributed by atoms with Gasteiger partial charge in [0.05, 0.1) is 12.1 Å². The summed E-state index contributed by atoms with van der Waals surface area (Å²) in [6, 6.07) is 6.89. The first-order chi connectivity index (χ1) is 18.7. The highest BCUT2D eigenvalue weighted by molar-refractivity contribution is 5.94. The maximum Gasteiger partial charge on any atom is 0.251 e. The molecule has 0 saturated heterocycles. The fourth-order valence-corrected chi connectivity index (χ4v) is 4.70. The normalized spacial score (nSPS) is 19.8. The highest BCUT2D eigenvalue weighted by Gasteiger charge is 2.49. The summed E-state index contributed by atoms with van der Waals surface area (Å²) in [5, 5.41) is 11.8. The monoisotopic (exact) mass is 567 g/mol. The van der Waals surface area contributed by atoms with E-state index in [0.717, 1.165) is 18.2 Å². The summed E-state index contributed by atoms with van der Waals surface area (Å²) >= 11 is 0. The number of nitrogens with zero attached hydrogens (tertiary/aromatic N) is 3. The SMILES string of the molecule is COC(C)(C)[C@H](C1=NC(C)(c2cc(F)ccc2F)NN1Cc1cccc(F)c1)N(CC[C@H](N)CF)C(=O)[C@H](C)O. The number of hydrazine groups is 1. The van der Waals surface area contributed by atoms with Crippen molar-refractivity contribution >= 4 is 11.7 Å². The molecule has 1 aliphatic heterocycles. The van der Waals surface area contributed by atoms with Gasteiger partial charge in [0.15, 0.2) is 5.66 Å². The first-order valence-electron chi connectivity index (χ1n) is 12.9. The topological polar surface area (TPSA) is 103 Å². The Bertz CT molecular complexity index is 1230. The van der Waals surface area contributed by atoms with Gasteiger partial charge in [-0.05, 0) is 70.0 Å². The molecule has 0 saturated carbocycles. The van der Waals surface area contributed by atoms with Gasteiger partial charge in [-0.2, -0.15) is 0 Å². The Morgan fingerprint density at radius 3 is 2.50 bits per heavy atom. The summed E-state index contributed by atoms with van der Waals surface area (Å²) in [5.41, 5.74) is 6.62. The third-order valence-electron chi connectivity index (χ3n) is 6.97. The number of amides is 1. The van der Waals surface area contributed by atoms with Crippen LogP contribution >= 0.6 is 0 Å². The van der Waals surface area contributed by atoms with E-state index in [1.54, 1.807) is 19.9 Å². The second-order valence-corrected chi connectivity index (χ2v) is 10.6. The minimum Gasteiger partial charge on any atom is -0.384 e. The van der Waals surface area contributed by atoms with Crippen LogP contribution in [0.25, 0.3) is 0 Å². The highest BCUT2D eigenvalue weighted by Crippen LogP contribution is 2.35. The Balaban J connectivity index is 2.22. The molecule has 0 aromatic heterocycles. The molecule has 0 fully saturated rings. The molecule has 2 aromatic rings. The van der Waals surface area contributed by atoms with Gasteiger partial charge in [-0.3, -0.25) is 9.80 Å². The zero-order valence-electron chi connectivity index (χ0n) is 23.3. The Kier molecular flexibility index (Phi) is 9.94. The maximum absolute atomic E-state index is 15.0. The molecule has 1 unspecified atom stereocenters. The molecule has 2 aromatic carbocycles. The molecule has 12 heteroatoms. The average molecular weight is 568 g/mol. The van der Waals surface area contributed by atoms with Crippen molar-refractivity contribution in [2.45, 2.75) is 70.1 Å². The molecular formula is C28H37F4N5O3. The van der Waals surface area contributed by atoms with E-state index >= 15 is 4.39 Å². The van der Waals surface area contributed by atoms with Gasteiger partial charge in [-0.25, -0.2) is 28.0 Å². The Hall–Kier alpha value is -3.06. The molecule has 1 aliphatic rings. The number of nitrogens with one attached hydrogen (secondary N) is 1. The molecule has 8 nitrogen and oxygen atoms in total. The first kappa shape index (κ1) is 31.5. The minimum absolute atomic E-state index is 0.0140. The lowest BCUT2D eigenvalue weighted by atomic mass is 9.93. The second kappa shape index (κ2) is 12.6. The molecule has 3 rings (SSSR count). The molecule has 0 spiro atoms. The predicted molar refractivity (Wildman–Crippen MR) is 143 cm³/mol. The Morgan fingerprint density at radius 1 is 1.23 bits per heavy atom. The van der Waals surface area contributed by atoms with Crippen LogP contribution in [0, 0.1) is 17.5 Å². The molecule has 0 aliphatic carbocycles. The molecule has 1 amide bonds. The van der Waals surface area contributed by atoms with Crippen molar-refractivity contribution in [1.29, 1.82) is 0 Å². The second-order valence-electron chi connectivity index (χ2n) is 10.6. The van der Waals surface area contributed by atoms with Gasteiger partial charge in [0, 0.05) is 25.3 Å². The van der Waals surface area contributed by atoms with E-state index < -0.39 is 59.5 Å². The number of aliphatic hydroxyl groups excluding tert-OH is 1. The van der Waals surface area contributed by atoms with Gasteiger partial charge < -0.3 is 20.5 Å². The van der Waals surface area contributed by atoms with Crippen molar-refractivity contribution in [3.05, 3.63) is 71.0 Å². The lowest BCUT2D eigenvalue weighted by Gasteiger charge is -2.43. The predicted octanol–water partition coefficient (Wildman–Crippen LogP) is 3.39. The molecule has 4 N–H and O–H groups in total. The van der Waals surface area contributed by atoms with E-state index in [1.165, 1.54) is 49.1 Å². The zero-order chi connectivity index (χ0) is 29.8. The van der Waals surface area contributed by atoms with Crippen LogP contribution in [0.3, 0.4) is 0 Å². The van der Waals surface area contributed by atoms with Crippen LogP contribution < -0.4 is 11.2 Å². The number of carbonyl (C=O) groups excluding carboxylic acids is 1. The van der Waals surface area contributed by atoms with Crippen LogP contribution in [0.1, 0.15) is 45.2 Å². The van der Waals surface area contributed by atoms with E-state index in [-0.39, 0.29) is 30.9 Å². The maximum atomic E-state index is 15.0. The number of amidine groups is 1. The van der Waals surface area contributed by atoms with Crippen LogP contribution in [0.15, 0.2) is 47.5 Å². The number of benzene rings is 2. The Labute approximate surface area is 231 Å². The van der Waals surface area contributed by atoms with Gasteiger partial charge >= 0.3 is 0 Å². The van der Waals surface area contributed by atoms with Crippen molar-refractivity contribution in [3.8, 4) is 0 Å². The van der Waals surface area contributed by atoms with E-state index in [9.17, 15) is 23.1 Å². The van der Waals surface area contributed by atoms with Gasteiger partial charge in [0.1, 0.15) is 42.1 Å². The molecule has 220 valence electrons. The third kappa shape index (κ3) is 6.98. The van der Waals surface area contributed by atoms with Crippen LogP contribution in [-0.2, 0) is 21.7 Å². The van der Waals surface area contributed by atoms with E-state index in [0.29, 0.717) is 5.56 Å². The van der Waals surface area contributed by atoms with Gasteiger partial charge in [-0.1, -0.05) is 12.1 Å². The minimum atomic E-state index is -1.55. The van der Waals surface area contributed by atoms with E-state index in [2.05, 4.69) is 5.43 Å². The van der Waals surface area contributed by atoms with Crippen LogP contribution in [0.5, 0.6) is 0 Å². The van der Waals surface area contributed by atoms with Gasteiger partial charge in [0.25, 0.3) is 5.91 Å². The van der Waals surface area contributed by atoms with Crippen molar-refractivity contribution in [2.75, 3.05) is 20.3 Å². The molecule has 40 heavy (non-hydrogen) atoms. The number of nitrogens with two attached hydrogens (primary N) is 1. The summed E-state index contributed by atoms with van der Waals surface area (Å²) in [6.45, 7) is 5.34. The molecule has 0 bridgehead atoms. The van der Waals surface area contributed by atoms with Gasteiger partial charge in [0.2, 0.25) is 0 Å². The number of methoxy groups -OCH3 is 1. The van der Waals surface area contributed by atoms with Crippen LogP contribution in [-0.4, -0.2) is 70.9 Å². The van der Waals surface area contributed by atoms with Crippen molar-refractivity contribution in [2.24, 2.45) is 10.7 Å². The summed E-state index contributed by atoms with van der Waals surface area (Å²) in [5.74, 6) is -2.40. The quantitative estimate of drug-likeness (QED) is 0.340. The van der Waals surface area contributed by atoms with Crippen molar-refractivity contribution < 1.29 is 32.2 Å². The first-order valence-corrected chi connectivity index (χ1v) is 12.9. The molecule has 1 heterocycles. The number of aliphatic hydroxyl groups is 1. The van der Waals surface area contributed by atoms with Crippen molar-refractivity contribution in [1.82, 2.24) is 15.3 Å². The van der Waals surface area contributed by atoms with Crippen LogP contribution in [0.4, 0.5) is 17.6 Å². The summed E-state index contributed by atoms with van der Waals surface area (Å²) in [7, 11) is 1.43. The van der Waals surface area contributed by atoms with Crippen molar-refractivity contribution in [3.63, 3.8) is 0 Å². The number of rotatable bonds is 12. The van der Waals surface area contributed by atoms with Crippen LogP contribution in [0.2, 0.25) is 0 Å². The molecule has 4 atom stereocenters. The number of halogens is 4. The highest BCUT2D eigenvalue weighted by atomic mass is 19.1. The smallest absolute Gasteiger partial charge is 0.251 e. The summed E-state index contributed by atoms with van der Waals surface area (Å²) < 4.78 is 62.4. The fourth-order valence-electron chi connectivity index (χ4n) is 4.70. The zero-order valence-corrected chi connectivity index (χ0v) is 23.3. The molecular weight excluding hydrogens is 530 g/mol. The Morgan fingerprint density at radius 2 is 1.90 bits per heavy atom. The lowest BCUT2D eigenvalue weighted by Crippen LogP contribution is -2.62. The third-order valence-corrected chi connectivity index (χ3v) is 6.97. The fraction of sp³-hybridized carbons (Fsp3) is 0.500. The molecule has 0 radical (unpaired) electrons. The number of carbonyl (C=O) groups is 1. The number of hydrogen-bond acceptors (Lipinski definition) is 7. The van der Waals surface area contributed by atoms with Gasteiger partial charge in [-0.15, -0.1) is 0 Å². The number of ether oxygens (including phenoxy) is 1. The summed E-state index contributed by atoms with van der Waals surface area (Å²) in [4.78, 5) is 19.5. The lowest BCUT2D eigenvalue weighted by molar-refractivity contribution is -0.146. The summed E-state index contributed by atoms with van der Waals surface area (Å²) in [6.07, 6.45) is -1.37. The number of hydrogen-bond donors (Lipinski definition) is 3. The number of aliphatic imine (C=N–C) groups is 1. The number of alkyl halides is 1. The average Bonchev–Trinajstić information content (AvgIpc) is 3.22. The standard InChI is InChI=1S/C28H37F4N5O3/c1-17(38)26(39)36(12-11-21(33)15-29)24(27(2,3)40-5)25-34-28(4,22-14-20(31)9-10-23(22)32)35-37(25)16-18-7-6-8-19(30)13-18/h6-10,13-14,17,21,24,35,38H,11-12,15-16,33H2,1-5H3/t17-,21-,24-,28?/m0/s1. The van der Waals surface area contributed by atoms with E-state index in [4.69, 9.17) is 15.5 Å². The largest absolute Gasteiger partial charge is 0.384 e. The van der Waals surface area contributed by atoms with E-state index in [1.807, 2.05) is 0 Å².